The third kappa shape index (κ3) is 3.99. The number of carbonyl (C=O) groups excluding carboxylic acids is 1. The molecule has 1 aromatic rings. The lowest BCUT2D eigenvalue weighted by Gasteiger charge is -2.21. The van der Waals surface area contributed by atoms with Crippen LogP contribution >= 0.6 is 31.9 Å². The molecule has 98 valence electrons. The molecule has 1 rings (SSSR count). The molecule has 0 heterocycles. The molecule has 0 saturated heterocycles. The summed E-state index contributed by atoms with van der Waals surface area (Å²) in [7, 11) is 0. The molecule has 3 N–H and O–H groups in total. The number of aliphatic carboxylic acids is 1. The van der Waals surface area contributed by atoms with Crippen LogP contribution in [0.25, 0.3) is 0 Å². The zero-order chi connectivity index (χ0) is 13.9. The first-order valence-electron chi connectivity index (χ1n) is 5.00. The minimum Gasteiger partial charge on any atom is -0.480 e. The highest BCUT2D eigenvalue weighted by atomic mass is 79.9. The smallest absolute Gasteiger partial charge is 0.328 e. The average Bonchev–Trinajstić information content (AvgIpc) is 2.21. The van der Waals surface area contributed by atoms with E-state index in [1.807, 2.05) is 0 Å². The number of rotatable bonds is 3. The summed E-state index contributed by atoms with van der Waals surface area (Å²) in [6, 6.07) is 4.66. The van der Waals surface area contributed by atoms with E-state index in [9.17, 15) is 9.59 Å². The molecule has 0 spiro atoms. The molecular weight excluding hydrogens is 368 g/mol. The van der Waals surface area contributed by atoms with Gasteiger partial charge in [0.1, 0.15) is 5.54 Å². The predicted molar refractivity (Wildman–Crippen MR) is 75.7 cm³/mol. The van der Waals surface area contributed by atoms with Gasteiger partial charge in [0.15, 0.2) is 0 Å². The SMILES string of the molecule is CC(C)(NC(=O)Nc1ccc(Br)cc1Br)C(=O)O. The van der Waals surface area contributed by atoms with E-state index in [4.69, 9.17) is 5.11 Å². The second-order valence-electron chi connectivity index (χ2n) is 4.13. The van der Waals surface area contributed by atoms with E-state index in [1.54, 1.807) is 18.2 Å². The number of carboxylic acids is 1. The van der Waals surface area contributed by atoms with Gasteiger partial charge in [0.2, 0.25) is 0 Å². The fourth-order valence-electron chi connectivity index (χ4n) is 1.08. The summed E-state index contributed by atoms with van der Waals surface area (Å²) in [5.41, 5.74) is -0.775. The highest BCUT2D eigenvalue weighted by Gasteiger charge is 2.29. The Morgan fingerprint density at radius 3 is 2.39 bits per heavy atom. The van der Waals surface area contributed by atoms with Gasteiger partial charge in [-0.1, -0.05) is 15.9 Å². The van der Waals surface area contributed by atoms with Crippen LogP contribution in [0.15, 0.2) is 27.1 Å². The summed E-state index contributed by atoms with van der Waals surface area (Å²) in [4.78, 5) is 22.5. The van der Waals surface area contributed by atoms with Gasteiger partial charge in [0.05, 0.1) is 5.69 Å². The molecular formula is C11H12Br2N2O3. The van der Waals surface area contributed by atoms with E-state index >= 15 is 0 Å². The molecule has 0 radical (unpaired) electrons. The molecule has 1 aromatic carbocycles. The Morgan fingerprint density at radius 2 is 1.89 bits per heavy atom. The van der Waals surface area contributed by atoms with Crippen LogP contribution in [-0.2, 0) is 4.79 Å². The summed E-state index contributed by atoms with van der Waals surface area (Å²) in [6.45, 7) is 2.82. The van der Waals surface area contributed by atoms with Crippen molar-refractivity contribution in [2.24, 2.45) is 0 Å². The molecule has 0 unspecified atom stereocenters. The Morgan fingerprint density at radius 1 is 1.28 bits per heavy atom. The topological polar surface area (TPSA) is 78.4 Å². The van der Waals surface area contributed by atoms with Gasteiger partial charge in [-0.2, -0.15) is 0 Å². The van der Waals surface area contributed by atoms with Crippen molar-refractivity contribution < 1.29 is 14.7 Å². The van der Waals surface area contributed by atoms with Gasteiger partial charge in [0.25, 0.3) is 0 Å². The number of urea groups is 1. The van der Waals surface area contributed by atoms with Gasteiger partial charge >= 0.3 is 12.0 Å². The maximum absolute atomic E-state index is 11.7. The zero-order valence-corrected chi connectivity index (χ0v) is 12.9. The van der Waals surface area contributed by atoms with Crippen molar-refractivity contribution in [3.05, 3.63) is 27.1 Å². The van der Waals surface area contributed by atoms with Gasteiger partial charge in [-0.3, -0.25) is 0 Å². The molecule has 0 fully saturated rings. The monoisotopic (exact) mass is 378 g/mol. The van der Waals surface area contributed by atoms with Gasteiger partial charge < -0.3 is 15.7 Å². The second kappa shape index (κ2) is 5.71. The number of carboxylic acid groups (broad SMARTS) is 1. The molecule has 18 heavy (non-hydrogen) atoms. The zero-order valence-electron chi connectivity index (χ0n) is 9.75. The number of carbonyl (C=O) groups is 2. The summed E-state index contributed by atoms with van der Waals surface area (Å²) in [5.74, 6) is -1.10. The molecule has 0 atom stereocenters. The van der Waals surface area contributed by atoms with E-state index in [-0.39, 0.29) is 0 Å². The minimum atomic E-state index is -1.33. The van der Waals surface area contributed by atoms with Crippen molar-refractivity contribution in [1.29, 1.82) is 0 Å². The third-order valence-corrected chi connectivity index (χ3v) is 3.29. The molecule has 5 nitrogen and oxygen atoms in total. The summed E-state index contributed by atoms with van der Waals surface area (Å²) >= 11 is 6.59. The Kier molecular flexibility index (Phi) is 4.75. The predicted octanol–water partition coefficient (Wildman–Crippen LogP) is 3.20. The number of halogens is 2. The Labute approximate surface area is 121 Å². The molecule has 7 heteroatoms. The van der Waals surface area contributed by atoms with Gasteiger partial charge in [-0.25, -0.2) is 9.59 Å². The van der Waals surface area contributed by atoms with Gasteiger partial charge in [-0.15, -0.1) is 0 Å². The number of hydrogen-bond donors (Lipinski definition) is 3. The first-order valence-corrected chi connectivity index (χ1v) is 6.58. The number of anilines is 1. The lowest BCUT2D eigenvalue weighted by Crippen LogP contribution is -2.51. The van der Waals surface area contributed by atoms with Crippen LogP contribution in [-0.4, -0.2) is 22.6 Å². The minimum absolute atomic E-state index is 0.553. The van der Waals surface area contributed by atoms with E-state index < -0.39 is 17.5 Å². The summed E-state index contributed by atoms with van der Waals surface area (Å²) in [5, 5.41) is 13.8. The lowest BCUT2D eigenvalue weighted by molar-refractivity contribution is -0.142. The fourth-order valence-corrected chi connectivity index (χ4v) is 2.23. The van der Waals surface area contributed by atoms with Crippen LogP contribution in [0, 0.1) is 0 Å². The lowest BCUT2D eigenvalue weighted by atomic mass is 10.1. The highest BCUT2D eigenvalue weighted by Crippen LogP contribution is 2.26. The van der Waals surface area contributed by atoms with Crippen molar-refractivity contribution in [2.75, 3.05) is 5.32 Å². The Bertz CT molecular complexity index is 489. The molecule has 0 bridgehead atoms. The first kappa shape index (κ1) is 15.0. The van der Waals surface area contributed by atoms with Crippen molar-refractivity contribution in [3.8, 4) is 0 Å². The van der Waals surface area contributed by atoms with E-state index in [0.717, 1.165) is 4.47 Å². The Balaban J connectivity index is 2.74. The largest absolute Gasteiger partial charge is 0.480 e. The quantitative estimate of drug-likeness (QED) is 0.754. The van der Waals surface area contributed by atoms with E-state index in [2.05, 4.69) is 42.5 Å². The molecule has 0 saturated carbocycles. The maximum atomic E-state index is 11.7. The highest BCUT2D eigenvalue weighted by molar-refractivity contribution is 9.11. The van der Waals surface area contributed by atoms with Gasteiger partial charge in [-0.05, 0) is 48.0 Å². The normalized spacial score (nSPS) is 10.9. The first-order chi connectivity index (χ1) is 8.22. The van der Waals surface area contributed by atoms with Gasteiger partial charge in [0, 0.05) is 8.95 Å². The van der Waals surface area contributed by atoms with Crippen molar-refractivity contribution in [1.82, 2.24) is 5.32 Å². The third-order valence-electron chi connectivity index (χ3n) is 2.14. The number of hydrogen-bond acceptors (Lipinski definition) is 2. The van der Waals surface area contributed by atoms with E-state index in [0.29, 0.717) is 10.2 Å². The molecule has 0 aliphatic carbocycles. The van der Waals surface area contributed by atoms with Crippen LogP contribution in [0.5, 0.6) is 0 Å². The van der Waals surface area contributed by atoms with Crippen LogP contribution in [0.2, 0.25) is 0 Å². The Hall–Kier alpha value is -1.08. The number of benzene rings is 1. The van der Waals surface area contributed by atoms with E-state index in [1.165, 1.54) is 13.8 Å². The fraction of sp³-hybridized carbons (Fsp3) is 0.273. The summed E-state index contributed by atoms with van der Waals surface area (Å²) in [6.07, 6.45) is 0. The molecule has 0 aliphatic rings. The van der Waals surface area contributed by atoms with Crippen LogP contribution in [0.1, 0.15) is 13.8 Å². The van der Waals surface area contributed by atoms with Crippen LogP contribution in [0.4, 0.5) is 10.5 Å². The van der Waals surface area contributed by atoms with Crippen LogP contribution < -0.4 is 10.6 Å². The molecule has 0 aliphatic heterocycles. The number of nitrogens with one attached hydrogen (secondary N) is 2. The molecule has 0 aromatic heterocycles. The molecule has 2 amide bonds. The van der Waals surface area contributed by atoms with Crippen molar-refractivity contribution in [2.45, 2.75) is 19.4 Å². The second-order valence-corrected chi connectivity index (χ2v) is 5.90. The number of amides is 2. The standard InChI is InChI=1S/C11H12Br2N2O3/c1-11(2,9(16)17)15-10(18)14-8-4-3-6(12)5-7(8)13/h3-5H,1-2H3,(H,16,17)(H2,14,15,18). The van der Waals surface area contributed by atoms with Crippen molar-refractivity contribution in [3.63, 3.8) is 0 Å². The van der Waals surface area contributed by atoms with Crippen molar-refractivity contribution >= 4 is 49.5 Å². The van der Waals surface area contributed by atoms with Crippen LogP contribution in [0.3, 0.4) is 0 Å². The summed E-state index contributed by atoms with van der Waals surface area (Å²) < 4.78 is 1.56. The maximum Gasteiger partial charge on any atom is 0.328 e. The average molecular weight is 380 g/mol.